The molecule has 0 spiro atoms. The van der Waals surface area contributed by atoms with Crippen molar-refractivity contribution in [2.75, 3.05) is 18.5 Å². The van der Waals surface area contributed by atoms with Crippen LogP contribution in [-0.2, 0) is 16.1 Å². The van der Waals surface area contributed by atoms with E-state index in [2.05, 4.69) is 28.1 Å². The normalized spacial score (nSPS) is 17.6. The highest BCUT2D eigenvalue weighted by molar-refractivity contribution is 5.88. The van der Waals surface area contributed by atoms with Gasteiger partial charge < -0.3 is 15.8 Å². The first-order chi connectivity index (χ1) is 10.6. The summed E-state index contributed by atoms with van der Waals surface area (Å²) in [6, 6.07) is 2.41. The summed E-state index contributed by atoms with van der Waals surface area (Å²) < 4.78 is 7.41. The van der Waals surface area contributed by atoms with E-state index in [0.717, 1.165) is 49.3 Å². The lowest BCUT2D eigenvalue weighted by atomic mass is 10.1. The molecule has 1 aliphatic heterocycles. The molecule has 3 rings (SSSR count). The second kappa shape index (κ2) is 7.74. The molecule has 1 atom stereocenters. The lowest BCUT2D eigenvalue weighted by molar-refractivity contribution is -0.115. The maximum Gasteiger partial charge on any atom is 0.214 e. The summed E-state index contributed by atoms with van der Waals surface area (Å²) in [4.78, 5) is 13.6. The van der Waals surface area contributed by atoms with E-state index >= 15 is 0 Å². The van der Waals surface area contributed by atoms with Crippen LogP contribution in [0.1, 0.15) is 26.7 Å². The smallest absolute Gasteiger partial charge is 0.214 e. The zero-order chi connectivity index (χ0) is 15.9. The van der Waals surface area contributed by atoms with Gasteiger partial charge in [0, 0.05) is 38.0 Å². The third kappa shape index (κ3) is 4.17. The Morgan fingerprint density at radius 3 is 3.00 bits per heavy atom. The van der Waals surface area contributed by atoms with Gasteiger partial charge in [0.2, 0.25) is 5.91 Å². The van der Waals surface area contributed by atoms with Crippen LogP contribution in [0.4, 0.5) is 5.69 Å². The number of aromatic nitrogens is 3. The Morgan fingerprint density at radius 2 is 2.36 bits per heavy atom. The fraction of sp³-hybridized carbons (Fsp3) is 0.533. The van der Waals surface area contributed by atoms with E-state index in [4.69, 9.17) is 4.74 Å². The van der Waals surface area contributed by atoms with Crippen molar-refractivity contribution in [3.8, 4) is 0 Å². The molecular weight excluding hydrogens is 282 g/mol. The number of carbonyl (C=O) groups is 1. The lowest BCUT2D eigenvalue weighted by Gasteiger charge is -2.24. The Labute approximate surface area is 129 Å². The zero-order valence-electron chi connectivity index (χ0n) is 13.1. The van der Waals surface area contributed by atoms with Crippen LogP contribution in [0.15, 0.2) is 18.5 Å². The minimum absolute atomic E-state index is 0.333. The summed E-state index contributed by atoms with van der Waals surface area (Å²) in [6.45, 7) is 5.89. The van der Waals surface area contributed by atoms with Crippen molar-refractivity contribution in [3.05, 3.63) is 18.5 Å². The van der Waals surface area contributed by atoms with Crippen LogP contribution in [0.2, 0.25) is 0 Å². The Balaban J connectivity index is 0.000000396. The number of aryl methyl sites for hydroxylation is 1. The molecule has 0 radical (unpaired) electrons. The molecule has 0 aromatic carbocycles. The first-order valence-corrected chi connectivity index (χ1v) is 7.52. The second-order valence-electron chi connectivity index (χ2n) is 5.23. The number of pyridine rings is 1. The molecule has 1 saturated heterocycles. The molecule has 3 heterocycles. The van der Waals surface area contributed by atoms with Crippen LogP contribution < -0.4 is 11.1 Å². The van der Waals surface area contributed by atoms with E-state index in [9.17, 15) is 4.79 Å². The predicted molar refractivity (Wildman–Crippen MR) is 85.5 cm³/mol. The van der Waals surface area contributed by atoms with Crippen LogP contribution in [-0.4, -0.2) is 39.9 Å². The van der Waals surface area contributed by atoms with Crippen molar-refractivity contribution in [2.45, 2.75) is 39.3 Å². The summed E-state index contributed by atoms with van der Waals surface area (Å²) in [5, 5.41) is 8.98. The molecule has 1 aliphatic rings. The second-order valence-corrected chi connectivity index (χ2v) is 5.23. The van der Waals surface area contributed by atoms with E-state index < -0.39 is 0 Å². The Kier molecular flexibility index (Phi) is 5.71. The van der Waals surface area contributed by atoms with Crippen LogP contribution in [0.25, 0.3) is 11.0 Å². The summed E-state index contributed by atoms with van der Waals surface area (Å²) in [5.74, 6) is -0.333. The fourth-order valence-corrected chi connectivity index (χ4v) is 2.41. The van der Waals surface area contributed by atoms with Crippen molar-refractivity contribution < 1.29 is 9.53 Å². The van der Waals surface area contributed by atoms with Crippen molar-refractivity contribution in [2.24, 2.45) is 5.73 Å². The fourth-order valence-electron chi connectivity index (χ4n) is 2.41. The third-order valence-electron chi connectivity index (χ3n) is 3.36. The van der Waals surface area contributed by atoms with Gasteiger partial charge in [0.05, 0.1) is 18.2 Å². The molecule has 7 heteroatoms. The molecule has 0 bridgehead atoms. The van der Waals surface area contributed by atoms with Gasteiger partial charge in [-0.05, 0) is 25.8 Å². The van der Waals surface area contributed by atoms with E-state index in [0.29, 0.717) is 6.04 Å². The molecule has 7 nitrogen and oxygen atoms in total. The van der Waals surface area contributed by atoms with Gasteiger partial charge in [-0.15, -0.1) is 0 Å². The van der Waals surface area contributed by atoms with Crippen LogP contribution in [0.5, 0.6) is 0 Å². The molecular formula is C15H23N5O2. The van der Waals surface area contributed by atoms with Crippen molar-refractivity contribution >= 4 is 22.6 Å². The number of nitrogens with two attached hydrogens (primary N) is 1. The monoisotopic (exact) mass is 305 g/mol. The predicted octanol–water partition coefficient (Wildman–Crippen LogP) is 1.53. The molecule has 1 unspecified atom stereocenters. The number of nitrogens with one attached hydrogen (secondary N) is 1. The maximum atomic E-state index is 9.22. The number of hydrogen-bond donors (Lipinski definition) is 2. The molecule has 1 amide bonds. The average molecular weight is 305 g/mol. The van der Waals surface area contributed by atoms with E-state index in [1.807, 2.05) is 23.1 Å². The summed E-state index contributed by atoms with van der Waals surface area (Å²) in [7, 11) is 0. The number of primary amides is 1. The lowest BCUT2D eigenvalue weighted by Crippen LogP contribution is -2.30. The SMILES string of the molecule is CC(N)=O.CCn1ncc2c(NC3CCCOC3)ccnc21. The average Bonchev–Trinajstić information content (AvgIpc) is 2.92. The van der Waals surface area contributed by atoms with Crippen molar-refractivity contribution in [1.29, 1.82) is 0 Å². The molecule has 1 fully saturated rings. The molecule has 120 valence electrons. The highest BCUT2D eigenvalue weighted by Gasteiger charge is 2.15. The van der Waals surface area contributed by atoms with Gasteiger partial charge in [0.1, 0.15) is 0 Å². The zero-order valence-corrected chi connectivity index (χ0v) is 13.1. The third-order valence-corrected chi connectivity index (χ3v) is 3.36. The number of amides is 1. The van der Waals surface area contributed by atoms with Crippen LogP contribution in [0, 0.1) is 0 Å². The van der Waals surface area contributed by atoms with Crippen LogP contribution in [0.3, 0.4) is 0 Å². The quantitative estimate of drug-likeness (QED) is 0.896. The van der Waals surface area contributed by atoms with Gasteiger partial charge in [-0.2, -0.15) is 5.10 Å². The summed E-state index contributed by atoms with van der Waals surface area (Å²) >= 11 is 0. The topological polar surface area (TPSA) is 95.1 Å². The maximum absolute atomic E-state index is 9.22. The number of nitrogens with zero attached hydrogens (tertiary/aromatic N) is 3. The van der Waals surface area contributed by atoms with Gasteiger partial charge in [-0.25, -0.2) is 9.67 Å². The molecule has 2 aromatic rings. The van der Waals surface area contributed by atoms with E-state index in [1.54, 1.807) is 0 Å². The minimum Gasteiger partial charge on any atom is -0.379 e. The molecule has 3 N–H and O–H groups in total. The summed E-state index contributed by atoms with van der Waals surface area (Å²) in [6.07, 6.45) is 6.01. The highest BCUT2D eigenvalue weighted by Crippen LogP contribution is 2.23. The molecule has 2 aromatic heterocycles. The highest BCUT2D eigenvalue weighted by atomic mass is 16.5. The number of carbonyl (C=O) groups excluding carboxylic acids is 1. The Hall–Kier alpha value is -2.15. The number of hydrogen-bond acceptors (Lipinski definition) is 5. The largest absolute Gasteiger partial charge is 0.379 e. The van der Waals surface area contributed by atoms with Gasteiger partial charge in [-0.3, -0.25) is 4.79 Å². The Bertz CT molecular complexity index is 615. The number of rotatable bonds is 3. The molecule has 0 saturated carbocycles. The van der Waals surface area contributed by atoms with Crippen LogP contribution >= 0.6 is 0 Å². The van der Waals surface area contributed by atoms with Gasteiger partial charge in [-0.1, -0.05) is 0 Å². The first-order valence-electron chi connectivity index (χ1n) is 7.52. The number of anilines is 1. The Morgan fingerprint density at radius 1 is 1.59 bits per heavy atom. The van der Waals surface area contributed by atoms with E-state index in [1.165, 1.54) is 6.92 Å². The molecule has 0 aliphatic carbocycles. The van der Waals surface area contributed by atoms with Gasteiger partial charge >= 0.3 is 0 Å². The number of ether oxygens (including phenoxy) is 1. The summed E-state index contributed by atoms with van der Waals surface area (Å²) in [5.41, 5.74) is 6.52. The van der Waals surface area contributed by atoms with E-state index in [-0.39, 0.29) is 5.91 Å². The van der Waals surface area contributed by atoms with Crippen molar-refractivity contribution in [1.82, 2.24) is 14.8 Å². The minimum atomic E-state index is -0.333. The molecule has 22 heavy (non-hydrogen) atoms. The standard InChI is InChI=1S/C13H18N4O.C2H5NO/c1-2-17-13-11(8-15-17)12(5-6-14-13)16-10-4-3-7-18-9-10;1-2(3)4/h5-6,8,10H,2-4,7,9H2,1H3,(H,14,16);1H3,(H2,3,4). The first kappa shape index (κ1) is 16.2. The number of fused-ring (bicyclic) bond motifs is 1. The van der Waals surface area contributed by atoms with Crippen molar-refractivity contribution in [3.63, 3.8) is 0 Å². The van der Waals surface area contributed by atoms with Gasteiger partial charge in [0.25, 0.3) is 0 Å². The van der Waals surface area contributed by atoms with Gasteiger partial charge in [0.15, 0.2) is 5.65 Å².